The molecule has 1 saturated heterocycles. The number of aryl methyl sites for hydroxylation is 1. The molecular formula is C19H20FN5O. The van der Waals surface area contributed by atoms with Gasteiger partial charge in [-0.3, -0.25) is 9.67 Å². The van der Waals surface area contributed by atoms with E-state index in [2.05, 4.69) is 15.0 Å². The van der Waals surface area contributed by atoms with Gasteiger partial charge in [0, 0.05) is 25.4 Å². The molecule has 1 aromatic carbocycles. The number of aliphatic hydroxyl groups excluding tert-OH is 1. The molecule has 1 fully saturated rings. The van der Waals surface area contributed by atoms with Crippen LogP contribution in [0.25, 0.3) is 11.3 Å². The topological polar surface area (TPSA) is 67.1 Å². The Morgan fingerprint density at radius 3 is 2.69 bits per heavy atom. The second-order valence-electron chi connectivity index (χ2n) is 6.60. The van der Waals surface area contributed by atoms with Gasteiger partial charge in [-0.2, -0.15) is 5.10 Å². The third-order valence-electron chi connectivity index (χ3n) is 4.75. The first kappa shape index (κ1) is 16.7. The zero-order valence-corrected chi connectivity index (χ0v) is 14.5. The quantitative estimate of drug-likeness (QED) is 0.784. The van der Waals surface area contributed by atoms with Crippen molar-refractivity contribution in [2.45, 2.75) is 25.0 Å². The van der Waals surface area contributed by atoms with Crippen LogP contribution >= 0.6 is 0 Å². The van der Waals surface area contributed by atoms with Crippen LogP contribution in [0, 0.1) is 5.82 Å². The first-order valence-corrected chi connectivity index (χ1v) is 8.61. The summed E-state index contributed by atoms with van der Waals surface area (Å²) < 4.78 is 15.0. The molecule has 0 radical (unpaired) electrons. The maximum atomic E-state index is 13.3. The third kappa shape index (κ3) is 3.30. The van der Waals surface area contributed by atoms with Crippen molar-refractivity contribution in [2.24, 2.45) is 7.05 Å². The van der Waals surface area contributed by atoms with Crippen LogP contribution in [0.2, 0.25) is 0 Å². The maximum Gasteiger partial charge on any atom is 0.148 e. The normalized spacial score (nSPS) is 20.3. The predicted molar refractivity (Wildman–Crippen MR) is 96.0 cm³/mol. The Hall–Kier alpha value is -2.80. The zero-order chi connectivity index (χ0) is 18.1. The third-order valence-corrected chi connectivity index (χ3v) is 4.75. The molecule has 2 unspecified atom stereocenters. The molecule has 1 aliphatic heterocycles. The van der Waals surface area contributed by atoms with E-state index < -0.39 is 0 Å². The molecule has 3 aromatic rings. The lowest BCUT2D eigenvalue weighted by Gasteiger charge is -2.39. The average Bonchev–Trinajstić information content (AvgIpc) is 3.09. The first-order chi connectivity index (χ1) is 12.6. The van der Waals surface area contributed by atoms with Gasteiger partial charge in [0.1, 0.15) is 11.6 Å². The highest BCUT2D eigenvalue weighted by Crippen LogP contribution is 2.34. The molecule has 4 rings (SSSR count). The lowest BCUT2D eigenvalue weighted by Crippen LogP contribution is -2.39. The van der Waals surface area contributed by atoms with E-state index in [4.69, 9.17) is 4.98 Å². The molecule has 2 atom stereocenters. The molecule has 0 amide bonds. The minimum Gasteiger partial charge on any atom is -0.393 e. The summed E-state index contributed by atoms with van der Waals surface area (Å²) in [5.74, 6) is 0.475. The Labute approximate surface area is 150 Å². The van der Waals surface area contributed by atoms with Gasteiger partial charge in [0.25, 0.3) is 0 Å². The van der Waals surface area contributed by atoms with Gasteiger partial charge in [-0.05, 0) is 30.5 Å². The van der Waals surface area contributed by atoms with Gasteiger partial charge in [-0.1, -0.05) is 12.1 Å². The molecule has 2 aromatic heterocycles. The van der Waals surface area contributed by atoms with Crippen LogP contribution < -0.4 is 4.90 Å². The monoisotopic (exact) mass is 353 g/mol. The number of anilines is 1. The molecular weight excluding hydrogens is 333 g/mol. The molecule has 1 aliphatic rings. The summed E-state index contributed by atoms with van der Waals surface area (Å²) in [7, 11) is 1.86. The molecule has 7 heteroatoms. The van der Waals surface area contributed by atoms with Crippen LogP contribution in [-0.4, -0.2) is 37.5 Å². The second kappa shape index (κ2) is 6.84. The number of piperidine rings is 1. The lowest BCUT2D eigenvalue weighted by atomic mass is 9.93. The van der Waals surface area contributed by atoms with Crippen molar-refractivity contribution < 1.29 is 9.50 Å². The van der Waals surface area contributed by atoms with Crippen molar-refractivity contribution in [1.82, 2.24) is 19.7 Å². The second-order valence-corrected chi connectivity index (χ2v) is 6.60. The van der Waals surface area contributed by atoms with Crippen LogP contribution in [0.3, 0.4) is 0 Å². The summed E-state index contributed by atoms with van der Waals surface area (Å²) >= 11 is 0. The van der Waals surface area contributed by atoms with Gasteiger partial charge in [-0.25, -0.2) is 9.37 Å². The lowest BCUT2D eigenvalue weighted by molar-refractivity contribution is 0.128. The van der Waals surface area contributed by atoms with Gasteiger partial charge in [0.2, 0.25) is 0 Å². The largest absolute Gasteiger partial charge is 0.393 e. The summed E-state index contributed by atoms with van der Waals surface area (Å²) in [4.78, 5) is 11.2. The highest BCUT2D eigenvalue weighted by molar-refractivity contribution is 5.58. The zero-order valence-electron chi connectivity index (χ0n) is 14.5. The number of benzene rings is 1. The van der Waals surface area contributed by atoms with Crippen LogP contribution in [-0.2, 0) is 7.05 Å². The number of nitrogens with zero attached hydrogens (tertiary/aromatic N) is 5. The summed E-state index contributed by atoms with van der Waals surface area (Å²) in [5, 5.41) is 14.3. The van der Waals surface area contributed by atoms with Crippen molar-refractivity contribution in [3.8, 4) is 11.3 Å². The van der Waals surface area contributed by atoms with E-state index in [1.54, 1.807) is 35.4 Å². The summed E-state index contributed by atoms with van der Waals surface area (Å²) in [6.07, 6.45) is 7.95. The van der Waals surface area contributed by atoms with Crippen molar-refractivity contribution in [3.05, 3.63) is 60.4 Å². The van der Waals surface area contributed by atoms with E-state index in [1.165, 1.54) is 12.1 Å². The van der Waals surface area contributed by atoms with E-state index in [0.717, 1.165) is 22.6 Å². The van der Waals surface area contributed by atoms with Gasteiger partial charge in [-0.15, -0.1) is 0 Å². The first-order valence-electron chi connectivity index (χ1n) is 8.61. The Morgan fingerprint density at radius 2 is 1.96 bits per heavy atom. The smallest absolute Gasteiger partial charge is 0.148 e. The van der Waals surface area contributed by atoms with E-state index in [1.807, 2.05) is 13.2 Å². The number of hydrogen-bond donors (Lipinski definition) is 1. The van der Waals surface area contributed by atoms with Gasteiger partial charge >= 0.3 is 0 Å². The number of hydrogen-bond acceptors (Lipinski definition) is 5. The van der Waals surface area contributed by atoms with Crippen LogP contribution in [0.5, 0.6) is 0 Å². The Kier molecular flexibility index (Phi) is 4.38. The number of halogens is 1. The van der Waals surface area contributed by atoms with Gasteiger partial charge in [0.15, 0.2) is 0 Å². The highest BCUT2D eigenvalue weighted by atomic mass is 19.1. The fourth-order valence-electron chi connectivity index (χ4n) is 3.41. The number of aliphatic hydroxyl groups is 1. The molecule has 6 nitrogen and oxygen atoms in total. The SMILES string of the molecule is Cn1cc(-c2cncc(N3CCC(O)CC3c3ccc(F)cc3)n2)cn1. The van der Waals surface area contributed by atoms with Crippen LogP contribution in [0.15, 0.2) is 49.1 Å². The summed E-state index contributed by atoms with van der Waals surface area (Å²) in [6.45, 7) is 0.661. The van der Waals surface area contributed by atoms with Gasteiger partial charge in [0.05, 0.1) is 36.4 Å². The van der Waals surface area contributed by atoms with Crippen molar-refractivity contribution >= 4 is 5.82 Å². The summed E-state index contributed by atoms with van der Waals surface area (Å²) in [6, 6.07) is 6.36. The van der Waals surface area contributed by atoms with Gasteiger partial charge < -0.3 is 10.0 Å². The van der Waals surface area contributed by atoms with Crippen molar-refractivity contribution in [2.75, 3.05) is 11.4 Å². The van der Waals surface area contributed by atoms with Crippen molar-refractivity contribution in [3.63, 3.8) is 0 Å². The van der Waals surface area contributed by atoms with Crippen LogP contribution in [0.4, 0.5) is 10.2 Å². The fourth-order valence-corrected chi connectivity index (χ4v) is 3.41. The van der Waals surface area contributed by atoms with Crippen LogP contribution in [0.1, 0.15) is 24.4 Å². The molecule has 0 spiro atoms. The van der Waals surface area contributed by atoms with E-state index in [0.29, 0.717) is 19.4 Å². The molecule has 0 aliphatic carbocycles. The van der Waals surface area contributed by atoms with Crippen molar-refractivity contribution in [1.29, 1.82) is 0 Å². The molecule has 0 bridgehead atoms. The number of rotatable bonds is 3. The molecule has 26 heavy (non-hydrogen) atoms. The fraction of sp³-hybridized carbons (Fsp3) is 0.316. The Balaban J connectivity index is 1.69. The van der Waals surface area contributed by atoms with E-state index in [9.17, 15) is 9.50 Å². The minimum atomic E-state index is -0.379. The Morgan fingerprint density at radius 1 is 1.15 bits per heavy atom. The molecule has 1 N–H and O–H groups in total. The molecule has 3 heterocycles. The minimum absolute atomic E-state index is 0.0715. The standard InChI is InChI=1S/C19H20FN5O/c1-24-12-14(9-22-24)17-10-21-11-19(23-17)25-7-6-16(26)8-18(25)13-2-4-15(20)5-3-13/h2-5,9-12,16,18,26H,6-8H2,1H3. The molecule has 0 saturated carbocycles. The molecule has 134 valence electrons. The van der Waals surface area contributed by atoms with E-state index in [-0.39, 0.29) is 18.0 Å². The Bertz CT molecular complexity index is 895. The average molecular weight is 353 g/mol. The highest BCUT2D eigenvalue weighted by Gasteiger charge is 2.30. The number of aromatic nitrogens is 4. The van der Waals surface area contributed by atoms with E-state index >= 15 is 0 Å². The maximum absolute atomic E-state index is 13.3. The predicted octanol–water partition coefficient (Wildman–Crippen LogP) is 2.72. The summed E-state index contributed by atoms with van der Waals surface area (Å²) in [5.41, 5.74) is 2.61.